The van der Waals surface area contributed by atoms with Crippen molar-refractivity contribution in [2.24, 2.45) is 0 Å². The Hall–Kier alpha value is -1.34. The van der Waals surface area contributed by atoms with Gasteiger partial charge in [0.1, 0.15) is 0 Å². The molecule has 0 spiro atoms. The molecule has 8 heteroatoms. The van der Waals surface area contributed by atoms with Crippen LogP contribution in [0.15, 0.2) is 24.3 Å². The highest BCUT2D eigenvalue weighted by Gasteiger charge is 2.17. The largest absolute Gasteiger partial charge is 0.326 e. The van der Waals surface area contributed by atoms with Crippen LogP contribution in [0, 0.1) is 0 Å². The molecular formula is C17H28Cl2N4O2. The highest BCUT2D eigenvalue weighted by Crippen LogP contribution is 2.15. The van der Waals surface area contributed by atoms with Crippen molar-refractivity contribution in [1.29, 1.82) is 0 Å². The standard InChI is InChI=1S/C17H26N4O2.2ClH/c1-21(2)11-9-16(22)19-13-5-7-14(8-6-13)20-17(23)12-15-4-3-10-18-15;;/h5-8,15,18H,3-4,9-12H2,1-2H3,(H,19,22)(H,20,23);2*1H. The monoisotopic (exact) mass is 390 g/mol. The second-order valence-electron chi connectivity index (χ2n) is 6.22. The number of anilines is 2. The van der Waals surface area contributed by atoms with Gasteiger partial charge in [-0.25, -0.2) is 0 Å². The number of carbonyl (C=O) groups is 2. The van der Waals surface area contributed by atoms with Crippen molar-refractivity contribution in [3.8, 4) is 0 Å². The van der Waals surface area contributed by atoms with E-state index >= 15 is 0 Å². The Morgan fingerprint density at radius 2 is 1.64 bits per heavy atom. The lowest BCUT2D eigenvalue weighted by molar-refractivity contribution is -0.117. The Bertz CT molecular complexity index is 532. The smallest absolute Gasteiger partial charge is 0.225 e. The van der Waals surface area contributed by atoms with Gasteiger partial charge in [-0.05, 0) is 57.7 Å². The molecule has 2 rings (SSSR count). The zero-order valence-corrected chi connectivity index (χ0v) is 16.3. The molecule has 1 aliphatic rings. The molecule has 0 bridgehead atoms. The molecule has 0 aromatic heterocycles. The summed E-state index contributed by atoms with van der Waals surface area (Å²) in [6.07, 6.45) is 3.16. The quantitative estimate of drug-likeness (QED) is 0.668. The van der Waals surface area contributed by atoms with Crippen molar-refractivity contribution in [2.45, 2.75) is 31.7 Å². The Morgan fingerprint density at radius 1 is 1.08 bits per heavy atom. The molecule has 142 valence electrons. The Labute approximate surface area is 161 Å². The number of amides is 2. The fraction of sp³-hybridized carbons (Fsp3) is 0.529. The van der Waals surface area contributed by atoms with Gasteiger partial charge >= 0.3 is 0 Å². The van der Waals surface area contributed by atoms with Gasteiger partial charge in [0.25, 0.3) is 0 Å². The van der Waals surface area contributed by atoms with E-state index < -0.39 is 0 Å². The van der Waals surface area contributed by atoms with Crippen LogP contribution in [0.25, 0.3) is 0 Å². The van der Waals surface area contributed by atoms with Crippen LogP contribution in [0.1, 0.15) is 25.7 Å². The van der Waals surface area contributed by atoms with Crippen LogP contribution >= 0.6 is 24.8 Å². The van der Waals surface area contributed by atoms with Crippen molar-refractivity contribution in [3.63, 3.8) is 0 Å². The molecule has 0 aliphatic carbocycles. The molecule has 0 saturated carbocycles. The van der Waals surface area contributed by atoms with Gasteiger partial charge in [0.05, 0.1) is 0 Å². The highest BCUT2D eigenvalue weighted by molar-refractivity contribution is 5.93. The lowest BCUT2D eigenvalue weighted by atomic mass is 10.1. The van der Waals surface area contributed by atoms with Crippen molar-refractivity contribution in [3.05, 3.63) is 24.3 Å². The third-order valence-electron chi connectivity index (χ3n) is 3.83. The first-order chi connectivity index (χ1) is 11.0. The van der Waals surface area contributed by atoms with Crippen LogP contribution < -0.4 is 16.0 Å². The van der Waals surface area contributed by atoms with Gasteiger partial charge in [0.2, 0.25) is 11.8 Å². The fourth-order valence-corrected chi connectivity index (χ4v) is 2.55. The Kier molecular flexibility index (Phi) is 11.4. The van der Waals surface area contributed by atoms with Crippen LogP contribution in [0.4, 0.5) is 11.4 Å². The second kappa shape index (κ2) is 12.1. The molecule has 3 N–H and O–H groups in total. The van der Waals surface area contributed by atoms with Gasteiger partial charge < -0.3 is 20.9 Å². The summed E-state index contributed by atoms with van der Waals surface area (Å²) in [4.78, 5) is 25.7. The summed E-state index contributed by atoms with van der Waals surface area (Å²) >= 11 is 0. The first-order valence-corrected chi connectivity index (χ1v) is 8.11. The molecule has 1 fully saturated rings. The van der Waals surface area contributed by atoms with Crippen LogP contribution in [0.2, 0.25) is 0 Å². The lowest BCUT2D eigenvalue weighted by Gasteiger charge is -2.12. The Morgan fingerprint density at radius 3 is 2.12 bits per heavy atom. The first kappa shape index (κ1) is 23.7. The molecular weight excluding hydrogens is 363 g/mol. The molecule has 1 atom stereocenters. The van der Waals surface area contributed by atoms with Crippen molar-refractivity contribution in [1.82, 2.24) is 10.2 Å². The van der Waals surface area contributed by atoms with E-state index in [1.165, 1.54) is 0 Å². The fourth-order valence-electron chi connectivity index (χ4n) is 2.55. The topological polar surface area (TPSA) is 73.5 Å². The Balaban J connectivity index is 0.00000288. The van der Waals surface area contributed by atoms with E-state index in [1.807, 2.05) is 31.1 Å². The number of carbonyl (C=O) groups excluding carboxylic acids is 2. The summed E-state index contributed by atoms with van der Waals surface area (Å²) in [5.74, 6) is 0.00922. The van der Waals surface area contributed by atoms with E-state index in [0.29, 0.717) is 18.9 Å². The predicted octanol–water partition coefficient (Wildman–Crippen LogP) is 2.50. The van der Waals surface area contributed by atoms with Gasteiger partial charge in [-0.15, -0.1) is 24.8 Å². The van der Waals surface area contributed by atoms with Crippen molar-refractivity contribution >= 4 is 48.0 Å². The maximum Gasteiger partial charge on any atom is 0.225 e. The van der Waals surface area contributed by atoms with E-state index in [1.54, 1.807) is 12.1 Å². The maximum absolute atomic E-state index is 12.0. The summed E-state index contributed by atoms with van der Waals surface area (Å²) in [5.41, 5.74) is 1.49. The molecule has 1 unspecified atom stereocenters. The van der Waals surface area contributed by atoms with Crippen LogP contribution in [-0.4, -0.2) is 49.9 Å². The summed E-state index contributed by atoms with van der Waals surface area (Å²) in [6, 6.07) is 7.52. The molecule has 1 saturated heterocycles. The summed E-state index contributed by atoms with van der Waals surface area (Å²) in [5, 5.41) is 9.05. The number of nitrogens with zero attached hydrogens (tertiary/aromatic N) is 1. The first-order valence-electron chi connectivity index (χ1n) is 8.11. The SMILES string of the molecule is CN(C)CCC(=O)Nc1ccc(NC(=O)CC2CCCN2)cc1.Cl.Cl. The summed E-state index contributed by atoms with van der Waals surface area (Å²) in [6.45, 7) is 1.72. The summed E-state index contributed by atoms with van der Waals surface area (Å²) in [7, 11) is 3.87. The van der Waals surface area contributed by atoms with Crippen LogP contribution in [-0.2, 0) is 9.59 Å². The van der Waals surface area contributed by atoms with Crippen LogP contribution in [0.3, 0.4) is 0 Å². The van der Waals surface area contributed by atoms with Crippen LogP contribution in [0.5, 0.6) is 0 Å². The minimum absolute atomic E-state index is 0. The molecule has 0 radical (unpaired) electrons. The molecule has 1 aromatic carbocycles. The minimum Gasteiger partial charge on any atom is -0.326 e. The number of hydrogen-bond donors (Lipinski definition) is 3. The van der Waals surface area contributed by atoms with Gasteiger partial charge in [0.15, 0.2) is 0 Å². The highest BCUT2D eigenvalue weighted by atomic mass is 35.5. The number of hydrogen-bond acceptors (Lipinski definition) is 4. The molecule has 1 aromatic rings. The molecule has 25 heavy (non-hydrogen) atoms. The van der Waals surface area contributed by atoms with E-state index in [0.717, 1.165) is 37.3 Å². The average molecular weight is 391 g/mol. The second-order valence-corrected chi connectivity index (χ2v) is 6.22. The zero-order chi connectivity index (χ0) is 16.7. The minimum atomic E-state index is -0.0113. The average Bonchev–Trinajstić information content (AvgIpc) is 3.00. The third kappa shape index (κ3) is 9.07. The van der Waals surface area contributed by atoms with Gasteiger partial charge in [-0.3, -0.25) is 9.59 Å². The summed E-state index contributed by atoms with van der Waals surface area (Å²) < 4.78 is 0. The van der Waals surface area contributed by atoms with Gasteiger partial charge in [-0.2, -0.15) is 0 Å². The molecule has 1 heterocycles. The number of benzene rings is 1. The van der Waals surface area contributed by atoms with E-state index in [-0.39, 0.29) is 36.6 Å². The van der Waals surface area contributed by atoms with E-state index in [4.69, 9.17) is 0 Å². The van der Waals surface area contributed by atoms with Gasteiger partial charge in [-0.1, -0.05) is 0 Å². The van der Waals surface area contributed by atoms with Crippen molar-refractivity contribution in [2.75, 3.05) is 37.8 Å². The molecule has 1 aliphatic heterocycles. The van der Waals surface area contributed by atoms with E-state index in [2.05, 4.69) is 16.0 Å². The maximum atomic E-state index is 12.0. The lowest BCUT2D eigenvalue weighted by Crippen LogP contribution is -2.27. The van der Waals surface area contributed by atoms with E-state index in [9.17, 15) is 9.59 Å². The number of nitrogens with one attached hydrogen (secondary N) is 3. The third-order valence-corrected chi connectivity index (χ3v) is 3.83. The predicted molar refractivity (Wildman–Crippen MR) is 107 cm³/mol. The van der Waals surface area contributed by atoms with Gasteiger partial charge in [0, 0.05) is 36.8 Å². The van der Waals surface area contributed by atoms with Crippen molar-refractivity contribution < 1.29 is 9.59 Å². The number of rotatable bonds is 7. The molecule has 6 nitrogen and oxygen atoms in total. The number of halogens is 2. The molecule has 2 amide bonds. The zero-order valence-electron chi connectivity index (χ0n) is 14.7. The normalized spacial score (nSPS) is 15.9.